The number of carbonyl (C=O) groups excluding carboxylic acids is 1. The molecule has 0 aliphatic carbocycles. The number of halogens is 1. The molecule has 1 aromatic rings. The zero-order chi connectivity index (χ0) is 15.9. The minimum absolute atomic E-state index is 0.0767. The van der Waals surface area contributed by atoms with Gasteiger partial charge >= 0.3 is 0 Å². The van der Waals surface area contributed by atoms with E-state index in [4.69, 9.17) is 11.6 Å². The highest BCUT2D eigenvalue weighted by molar-refractivity contribution is 7.91. The van der Waals surface area contributed by atoms with Crippen molar-refractivity contribution >= 4 is 27.3 Å². The average Bonchev–Trinajstić information content (AvgIpc) is 2.45. The molecule has 0 aromatic heterocycles. The molecule has 4 nitrogen and oxygen atoms in total. The van der Waals surface area contributed by atoms with Gasteiger partial charge in [-0.25, -0.2) is 8.42 Å². The first kappa shape index (κ1) is 17.5. The predicted molar refractivity (Wildman–Crippen MR) is 85.1 cm³/mol. The summed E-state index contributed by atoms with van der Waals surface area (Å²) in [6.07, 6.45) is 3.11. The number of sulfone groups is 1. The molecular formula is C15H18ClNO3S. The van der Waals surface area contributed by atoms with Crippen LogP contribution in [0.25, 0.3) is 0 Å². The second-order valence-corrected chi connectivity index (χ2v) is 6.94. The number of benzene rings is 1. The van der Waals surface area contributed by atoms with E-state index in [1.165, 1.54) is 29.2 Å². The number of hydrogen-bond donors (Lipinski definition) is 0. The highest BCUT2D eigenvalue weighted by Crippen LogP contribution is 2.16. The maximum absolute atomic E-state index is 12.1. The van der Waals surface area contributed by atoms with Gasteiger partial charge in [-0.2, -0.15) is 0 Å². The fourth-order valence-corrected chi connectivity index (χ4v) is 3.09. The van der Waals surface area contributed by atoms with Gasteiger partial charge in [0, 0.05) is 24.5 Å². The zero-order valence-electron chi connectivity index (χ0n) is 11.7. The van der Waals surface area contributed by atoms with Crippen molar-refractivity contribution in [2.45, 2.75) is 11.3 Å². The van der Waals surface area contributed by atoms with E-state index in [-0.39, 0.29) is 23.0 Å². The van der Waals surface area contributed by atoms with Crippen LogP contribution in [0.1, 0.15) is 6.42 Å². The highest BCUT2D eigenvalue weighted by Gasteiger charge is 2.18. The summed E-state index contributed by atoms with van der Waals surface area (Å²) in [4.78, 5) is 13.7. The Balaban J connectivity index is 2.72. The summed E-state index contributed by atoms with van der Waals surface area (Å²) in [6.45, 7) is 7.88. The average molecular weight is 328 g/mol. The topological polar surface area (TPSA) is 54.5 Å². The van der Waals surface area contributed by atoms with Gasteiger partial charge in [0.15, 0.2) is 9.84 Å². The summed E-state index contributed by atoms with van der Waals surface area (Å²) >= 11 is 5.73. The van der Waals surface area contributed by atoms with E-state index in [1.54, 1.807) is 12.2 Å². The molecule has 6 heteroatoms. The third-order valence-corrected chi connectivity index (χ3v) is 4.79. The minimum Gasteiger partial charge on any atom is -0.335 e. The van der Waals surface area contributed by atoms with Crippen molar-refractivity contribution in [3.63, 3.8) is 0 Å². The molecule has 0 saturated heterocycles. The molecule has 0 unspecified atom stereocenters. The van der Waals surface area contributed by atoms with E-state index in [9.17, 15) is 13.2 Å². The van der Waals surface area contributed by atoms with Crippen molar-refractivity contribution in [1.82, 2.24) is 4.90 Å². The Morgan fingerprint density at radius 1 is 1.14 bits per heavy atom. The molecule has 114 valence electrons. The van der Waals surface area contributed by atoms with Crippen molar-refractivity contribution in [2.24, 2.45) is 0 Å². The van der Waals surface area contributed by atoms with Crippen LogP contribution in [-0.4, -0.2) is 38.1 Å². The number of rotatable bonds is 8. The maximum Gasteiger partial charge on any atom is 0.224 e. The third-order valence-electron chi connectivity index (χ3n) is 2.81. The Bertz CT molecular complexity index is 598. The highest BCUT2D eigenvalue weighted by atomic mass is 35.5. The number of amides is 1. The van der Waals surface area contributed by atoms with E-state index in [0.29, 0.717) is 18.1 Å². The molecule has 0 aliphatic rings. The molecule has 0 bridgehead atoms. The number of nitrogens with zero attached hydrogens (tertiary/aromatic N) is 1. The molecular weight excluding hydrogens is 310 g/mol. The van der Waals surface area contributed by atoms with E-state index in [1.807, 2.05) is 0 Å². The predicted octanol–water partition coefficient (Wildman–Crippen LogP) is 2.70. The Labute approximate surface area is 130 Å². The Hall–Kier alpha value is -1.59. The SMILES string of the molecule is C=CCN(CC=C)C(=O)CCS(=O)(=O)c1ccc(Cl)cc1. The molecule has 0 aliphatic heterocycles. The summed E-state index contributed by atoms with van der Waals surface area (Å²) in [5, 5.41) is 0.466. The Morgan fingerprint density at radius 2 is 1.67 bits per heavy atom. The van der Waals surface area contributed by atoms with Gasteiger partial charge in [0.05, 0.1) is 10.6 Å². The Kier molecular flexibility index (Phi) is 6.65. The summed E-state index contributed by atoms with van der Waals surface area (Å²) in [5.74, 6) is -0.481. The molecule has 21 heavy (non-hydrogen) atoms. The van der Waals surface area contributed by atoms with Crippen LogP contribution in [-0.2, 0) is 14.6 Å². The monoisotopic (exact) mass is 327 g/mol. The van der Waals surface area contributed by atoms with Crippen molar-refractivity contribution in [1.29, 1.82) is 0 Å². The van der Waals surface area contributed by atoms with E-state index >= 15 is 0 Å². The third kappa shape index (κ3) is 5.36. The number of carbonyl (C=O) groups is 1. The van der Waals surface area contributed by atoms with Crippen molar-refractivity contribution in [3.05, 3.63) is 54.6 Å². The molecule has 0 fully saturated rings. The molecule has 1 amide bonds. The van der Waals surface area contributed by atoms with Crippen LogP contribution in [0.5, 0.6) is 0 Å². The lowest BCUT2D eigenvalue weighted by molar-refractivity contribution is -0.129. The van der Waals surface area contributed by atoms with E-state index in [2.05, 4.69) is 13.2 Å². The van der Waals surface area contributed by atoms with Crippen LogP contribution >= 0.6 is 11.6 Å². The van der Waals surface area contributed by atoms with Gasteiger partial charge < -0.3 is 4.90 Å². The van der Waals surface area contributed by atoms with E-state index in [0.717, 1.165) is 0 Å². The van der Waals surface area contributed by atoms with Crippen molar-refractivity contribution < 1.29 is 13.2 Å². The van der Waals surface area contributed by atoms with Crippen molar-refractivity contribution in [3.8, 4) is 0 Å². The summed E-state index contributed by atoms with van der Waals surface area (Å²) in [7, 11) is -3.49. The minimum atomic E-state index is -3.49. The van der Waals surface area contributed by atoms with Crippen LogP contribution in [0.15, 0.2) is 54.5 Å². The van der Waals surface area contributed by atoms with Gasteiger partial charge in [-0.05, 0) is 24.3 Å². The second kappa shape index (κ2) is 8.00. The first-order chi connectivity index (χ1) is 9.90. The molecule has 0 N–H and O–H groups in total. The van der Waals surface area contributed by atoms with Crippen LogP contribution in [0.3, 0.4) is 0 Å². The lowest BCUT2D eigenvalue weighted by atomic mass is 10.3. The smallest absolute Gasteiger partial charge is 0.224 e. The van der Waals surface area contributed by atoms with Gasteiger partial charge in [-0.1, -0.05) is 23.8 Å². The molecule has 1 aromatic carbocycles. The summed E-state index contributed by atoms with van der Waals surface area (Å²) in [6, 6.07) is 5.90. The molecule has 0 atom stereocenters. The second-order valence-electron chi connectivity index (χ2n) is 4.40. The molecule has 1 rings (SSSR count). The summed E-state index contributed by atoms with van der Waals surface area (Å²) < 4.78 is 24.3. The zero-order valence-corrected chi connectivity index (χ0v) is 13.2. The quantitative estimate of drug-likeness (QED) is 0.690. The van der Waals surface area contributed by atoms with Gasteiger partial charge in [-0.3, -0.25) is 4.79 Å². The lowest BCUT2D eigenvalue weighted by Crippen LogP contribution is -2.32. The van der Waals surface area contributed by atoms with Crippen LogP contribution < -0.4 is 0 Å². The van der Waals surface area contributed by atoms with Crippen LogP contribution in [0, 0.1) is 0 Å². The standard InChI is InChI=1S/C15H18ClNO3S/c1-3-10-17(11-4-2)15(18)9-12-21(19,20)14-7-5-13(16)6-8-14/h3-8H,1-2,9-12H2. The molecule has 0 radical (unpaired) electrons. The maximum atomic E-state index is 12.1. The van der Waals surface area contributed by atoms with Crippen LogP contribution in [0.4, 0.5) is 0 Å². The van der Waals surface area contributed by atoms with Gasteiger partial charge in [-0.15, -0.1) is 13.2 Å². The normalized spacial score (nSPS) is 10.9. The van der Waals surface area contributed by atoms with E-state index < -0.39 is 9.84 Å². The molecule has 0 heterocycles. The van der Waals surface area contributed by atoms with Crippen LogP contribution in [0.2, 0.25) is 5.02 Å². The molecule has 0 spiro atoms. The fourth-order valence-electron chi connectivity index (χ4n) is 1.73. The first-order valence-electron chi connectivity index (χ1n) is 6.38. The van der Waals surface area contributed by atoms with Crippen molar-refractivity contribution in [2.75, 3.05) is 18.8 Å². The first-order valence-corrected chi connectivity index (χ1v) is 8.41. The summed E-state index contributed by atoms with van der Waals surface area (Å²) in [5.41, 5.74) is 0. The fraction of sp³-hybridized carbons (Fsp3) is 0.267. The Morgan fingerprint density at radius 3 is 2.14 bits per heavy atom. The van der Waals surface area contributed by atoms with Gasteiger partial charge in [0.2, 0.25) is 5.91 Å². The van der Waals surface area contributed by atoms with Gasteiger partial charge in [0.25, 0.3) is 0 Å². The largest absolute Gasteiger partial charge is 0.335 e. The molecule has 0 saturated carbocycles. The number of hydrogen-bond acceptors (Lipinski definition) is 3. The lowest BCUT2D eigenvalue weighted by Gasteiger charge is -2.19. The van der Waals surface area contributed by atoms with Gasteiger partial charge in [0.1, 0.15) is 0 Å².